The highest BCUT2D eigenvalue weighted by Gasteiger charge is 2.23. The van der Waals surface area contributed by atoms with Gasteiger partial charge in [-0.25, -0.2) is 0 Å². The van der Waals surface area contributed by atoms with E-state index in [1.807, 2.05) is 57.2 Å². The Morgan fingerprint density at radius 3 is 2.43 bits per heavy atom. The van der Waals surface area contributed by atoms with Crippen LogP contribution >= 0.6 is 11.6 Å². The summed E-state index contributed by atoms with van der Waals surface area (Å²) in [4.78, 5) is 0. The number of hydrogen-bond acceptors (Lipinski definition) is 1. The van der Waals surface area contributed by atoms with E-state index in [0.717, 1.165) is 17.5 Å². The number of rotatable bonds is 3. The number of hydrogen-bond donors (Lipinski definition) is 0. The topological polar surface area (TPSA) is 9.23 Å². The zero-order chi connectivity index (χ0) is 15.3. The van der Waals surface area contributed by atoms with Gasteiger partial charge in [-0.1, -0.05) is 60.7 Å². The monoisotopic (exact) mass is 298 g/mol. The third-order valence-corrected chi connectivity index (χ3v) is 3.47. The van der Waals surface area contributed by atoms with Gasteiger partial charge in [0.05, 0.1) is 5.02 Å². The largest absolute Gasteiger partial charge is 0.482 e. The van der Waals surface area contributed by atoms with E-state index >= 15 is 0 Å². The van der Waals surface area contributed by atoms with Crippen LogP contribution in [0, 0.1) is 11.8 Å². The van der Waals surface area contributed by atoms with Crippen molar-refractivity contribution < 1.29 is 4.74 Å². The molecule has 2 heteroatoms. The van der Waals surface area contributed by atoms with Crippen molar-refractivity contribution in [2.75, 3.05) is 0 Å². The molecule has 0 N–H and O–H groups in total. The summed E-state index contributed by atoms with van der Waals surface area (Å²) in [5.41, 5.74) is 1.57. The molecule has 0 atom stereocenters. The molecule has 0 bridgehead atoms. The standard InChI is InChI=1S/C19H19ClO/c1-4-5-9-15-12-13-18(17(20)14-15)21-19(2,3)16-10-7-6-8-11-16/h6-8,10-14H,4H2,1-3H3. The predicted molar refractivity (Wildman–Crippen MR) is 88.7 cm³/mol. The van der Waals surface area contributed by atoms with Crippen LogP contribution in [0.2, 0.25) is 5.02 Å². The molecule has 0 heterocycles. The van der Waals surface area contributed by atoms with Crippen LogP contribution in [0.1, 0.15) is 38.3 Å². The molecule has 0 amide bonds. The molecule has 2 aromatic rings. The fourth-order valence-corrected chi connectivity index (χ4v) is 2.24. The quantitative estimate of drug-likeness (QED) is 0.688. The molecular formula is C19H19ClO. The van der Waals surface area contributed by atoms with E-state index in [9.17, 15) is 0 Å². The summed E-state index contributed by atoms with van der Waals surface area (Å²) in [6, 6.07) is 15.8. The molecule has 0 aliphatic carbocycles. The Morgan fingerprint density at radius 1 is 1.10 bits per heavy atom. The van der Waals surface area contributed by atoms with Crippen LogP contribution in [0.15, 0.2) is 48.5 Å². The second-order valence-corrected chi connectivity index (χ2v) is 5.69. The lowest BCUT2D eigenvalue weighted by Crippen LogP contribution is -2.25. The predicted octanol–water partition coefficient (Wildman–Crippen LogP) is 5.42. The highest BCUT2D eigenvalue weighted by atomic mass is 35.5. The molecule has 0 aromatic heterocycles. The molecule has 108 valence electrons. The van der Waals surface area contributed by atoms with E-state index < -0.39 is 5.60 Å². The van der Waals surface area contributed by atoms with Gasteiger partial charge in [-0.15, -0.1) is 0 Å². The molecule has 2 rings (SSSR count). The van der Waals surface area contributed by atoms with Crippen molar-refractivity contribution in [3.05, 3.63) is 64.7 Å². The first-order valence-electron chi connectivity index (χ1n) is 7.06. The van der Waals surface area contributed by atoms with Crippen molar-refractivity contribution in [1.82, 2.24) is 0 Å². The molecule has 2 aromatic carbocycles. The van der Waals surface area contributed by atoms with Crippen molar-refractivity contribution in [3.63, 3.8) is 0 Å². The first-order chi connectivity index (χ1) is 10.0. The summed E-state index contributed by atoms with van der Waals surface area (Å²) in [7, 11) is 0. The molecule has 0 aliphatic heterocycles. The average molecular weight is 299 g/mol. The van der Waals surface area contributed by atoms with Crippen molar-refractivity contribution in [2.45, 2.75) is 32.8 Å². The zero-order valence-electron chi connectivity index (χ0n) is 12.6. The van der Waals surface area contributed by atoms with Gasteiger partial charge >= 0.3 is 0 Å². The van der Waals surface area contributed by atoms with Crippen LogP contribution < -0.4 is 4.74 Å². The second kappa shape index (κ2) is 6.70. The lowest BCUT2D eigenvalue weighted by Gasteiger charge is -2.27. The maximum atomic E-state index is 6.31. The van der Waals surface area contributed by atoms with Crippen LogP contribution in [0.3, 0.4) is 0 Å². The van der Waals surface area contributed by atoms with Crippen molar-refractivity contribution in [1.29, 1.82) is 0 Å². The van der Waals surface area contributed by atoms with Crippen molar-refractivity contribution in [2.24, 2.45) is 0 Å². The summed E-state index contributed by atoms with van der Waals surface area (Å²) in [5.74, 6) is 6.78. The molecule has 0 saturated carbocycles. The molecule has 0 unspecified atom stereocenters. The summed E-state index contributed by atoms with van der Waals surface area (Å²) >= 11 is 6.31. The number of halogens is 1. The summed E-state index contributed by atoms with van der Waals surface area (Å²) in [5, 5.41) is 0.585. The van der Waals surface area contributed by atoms with Gasteiger partial charge in [0.2, 0.25) is 0 Å². The van der Waals surface area contributed by atoms with Gasteiger partial charge in [0, 0.05) is 12.0 Å². The third kappa shape index (κ3) is 4.03. The fourth-order valence-electron chi connectivity index (χ4n) is 2.03. The van der Waals surface area contributed by atoms with E-state index in [-0.39, 0.29) is 0 Å². The smallest absolute Gasteiger partial charge is 0.139 e. The Labute approximate surface area is 131 Å². The van der Waals surface area contributed by atoms with E-state index in [4.69, 9.17) is 16.3 Å². The molecule has 1 nitrogen and oxygen atoms in total. The van der Waals surface area contributed by atoms with Gasteiger partial charge in [-0.3, -0.25) is 0 Å². The summed E-state index contributed by atoms with van der Waals surface area (Å²) < 4.78 is 6.10. The zero-order valence-corrected chi connectivity index (χ0v) is 13.4. The second-order valence-electron chi connectivity index (χ2n) is 5.28. The lowest BCUT2D eigenvalue weighted by atomic mass is 9.98. The van der Waals surface area contributed by atoms with Gasteiger partial charge in [-0.05, 0) is 37.6 Å². The van der Waals surface area contributed by atoms with Crippen LogP contribution in [-0.4, -0.2) is 0 Å². The van der Waals surface area contributed by atoms with Crippen molar-refractivity contribution in [3.8, 4) is 17.6 Å². The molecular weight excluding hydrogens is 280 g/mol. The summed E-state index contributed by atoms with van der Waals surface area (Å²) in [6.07, 6.45) is 0.830. The first-order valence-corrected chi connectivity index (χ1v) is 7.43. The summed E-state index contributed by atoms with van der Waals surface area (Å²) in [6.45, 7) is 6.08. The van der Waals surface area contributed by atoms with Gasteiger partial charge in [0.15, 0.2) is 0 Å². The van der Waals surface area contributed by atoms with Crippen LogP contribution in [0.25, 0.3) is 0 Å². The van der Waals surface area contributed by atoms with Gasteiger partial charge < -0.3 is 4.74 Å². The van der Waals surface area contributed by atoms with E-state index in [1.165, 1.54) is 0 Å². The first kappa shape index (κ1) is 15.5. The minimum absolute atomic E-state index is 0.443. The molecule has 0 saturated heterocycles. The van der Waals surface area contributed by atoms with E-state index in [1.54, 1.807) is 0 Å². The Kier molecular flexibility index (Phi) is 4.94. The van der Waals surface area contributed by atoms with E-state index in [2.05, 4.69) is 24.0 Å². The highest BCUT2D eigenvalue weighted by molar-refractivity contribution is 6.32. The fraction of sp³-hybridized carbons (Fsp3) is 0.263. The Morgan fingerprint density at radius 2 is 1.81 bits per heavy atom. The van der Waals surface area contributed by atoms with Gasteiger partial charge in [-0.2, -0.15) is 0 Å². The maximum absolute atomic E-state index is 6.31. The third-order valence-electron chi connectivity index (χ3n) is 3.18. The van der Waals surface area contributed by atoms with Crippen molar-refractivity contribution >= 4 is 11.6 Å². The molecule has 0 spiro atoms. The van der Waals surface area contributed by atoms with E-state index in [0.29, 0.717) is 10.8 Å². The highest BCUT2D eigenvalue weighted by Crippen LogP contribution is 2.32. The van der Waals surface area contributed by atoms with Crippen LogP contribution in [-0.2, 0) is 5.60 Å². The van der Waals surface area contributed by atoms with Gasteiger partial charge in [0.25, 0.3) is 0 Å². The van der Waals surface area contributed by atoms with Gasteiger partial charge in [0.1, 0.15) is 11.4 Å². The van der Waals surface area contributed by atoms with Crippen LogP contribution in [0.5, 0.6) is 5.75 Å². The number of benzene rings is 2. The number of ether oxygens (including phenoxy) is 1. The lowest BCUT2D eigenvalue weighted by molar-refractivity contribution is 0.109. The normalized spacial score (nSPS) is 10.7. The average Bonchev–Trinajstić information content (AvgIpc) is 2.48. The maximum Gasteiger partial charge on any atom is 0.139 e. The SMILES string of the molecule is CCC#Cc1ccc(OC(C)(C)c2ccccc2)c(Cl)c1. The molecule has 0 radical (unpaired) electrons. The van der Waals surface area contributed by atoms with Crippen LogP contribution in [0.4, 0.5) is 0 Å². The minimum atomic E-state index is -0.443. The molecule has 0 fully saturated rings. The Hall–Kier alpha value is -1.91. The molecule has 21 heavy (non-hydrogen) atoms. The Bertz CT molecular complexity index is 663. The minimum Gasteiger partial charge on any atom is -0.482 e. The Balaban J connectivity index is 2.23. The molecule has 0 aliphatic rings.